The van der Waals surface area contributed by atoms with Crippen LogP contribution in [0.4, 0.5) is 14.9 Å². The zero-order chi connectivity index (χ0) is 19.8. The van der Waals surface area contributed by atoms with Gasteiger partial charge in [0.2, 0.25) is 0 Å². The zero-order valence-electron chi connectivity index (χ0n) is 16.0. The van der Waals surface area contributed by atoms with Crippen molar-refractivity contribution in [3.63, 3.8) is 0 Å². The first kappa shape index (κ1) is 19.9. The zero-order valence-corrected chi connectivity index (χ0v) is 16.0. The minimum atomic E-state index is -0.245. The van der Waals surface area contributed by atoms with Crippen LogP contribution in [0.5, 0.6) is 5.75 Å². The van der Waals surface area contributed by atoms with Crippen LogP contribution in [0, 0.1) is 5.82 Å². The number of hydrogen-bond acceptors (Lipinski definition) is 3. The SMILES string of the molecule is CCOCCOc1cccc(NC(=O)N2CC=C(c3ccc(F)cc3)CC2)c1. The average molecular weight is 384 g/mol. The van der Waals surface area contributed by atoms with Crippen LogP contribution in [0.25, 0.3) is 5.57 Å². The highest BCUT2D eigenvalue weighted by Crippen LogP contribution is 2.23. The third kappa shape index (κ3) is 5.57. The Labute approximate surface area is 164 Å². The Balaban J connectivity index is 1.53. The number of anilines is 1. The van der Waals surface area contributed by atoms with Gasteiger partial charge in [0.15, 0.2) is 0 Å². The summed E-state index contributed by atoms with van der Waals surface area (Å²) in [6.07, 6.45) is 2.75. The first-order chi connectivity index (χ1) is 13.7. The van der Waals surface area contributed by atoms with Crippen molar-refractivity contribution in [1.29, 1.82) is 0 Å². The summed E-state index contributed by atoms with van der Waals surface area (Å²) in [5.41, 5.74) is 2.82. The largest absolute Gasteiger partial charge is 0.491 e. The van der Waals surface area contributed by atoms with Gasteiger partial charge < -0.3 is 19.7 Å². The molecule has 0 radical (unpaired) electrons. The molecule has 2 aromatic rings. The number of rotatable bonds is 7. The van der Waals surface area contributed by atoms with Gasteiger partial charge in [-0.15, -0.1) is 0 Å². The number of nitrogens with zero attached hydrogens (tertiary/aromatic N) is 1. The van der Waals surface area contributed by atoms with Gasteiger partial charge in [-0.3, -0.25) is 0 Å². The Bertz CT molecular complexity index is 821. The second kappa shape index (κ2) is 9.90. The van der Waals surface area contributed by atoms with E-state index < -0.39 is 0 Å². The molecular formula is C22H25FN2O3. The molecule has 2 amide bonds. The fraction of sp³-hybridized carbons (Fsp3) is 0.318. The van der Waals surface area contributed by atoms with Crippen LogP contribution in [0.1, 0.15) is 18.9 Å². The van der Waals surface area contributed by atoms with Gasteiger partial charge in [-0.05, 0) is 48.7 Å². The highest BCUT2D eigenvalue weighted by Gasteiger charge is 2.18. The second-order valence-electron chi connectivity index (χ2n) is 6.44. The summed E-state index contributed by atoms with van der Waals surface area (Å²) in [5, 5.41) is 2.91. The maximum Gasteiger partial charge on any atom is 0.322 e. The topological polar surface area (TPSA) is 50.8 Å². The molecule has 1 aliphatic heterocycles. The van der Waals surface area contributed by atoms with Gasteiger partial charge >= 0.3 is 6.03 Å². The van der Waals surface area contributed by atoms with E-state index in [-0.39, 0.29) is 11.8 Å². The lowest BCUT2D eigenvalue weighted by atomic mass is 10.00. The Kier molecular flexibility index (Phi) is 7.03. The third-order valence-corrected chi connectivity index (χ3v) is 4.50. The van der Waals surface area contributed by atoms with Crippen molar-refractivity contribution in [2.24, 2.45) is 0 Å². The number of hydrogen-bond donors (Lipinski definition) is 1. The number of halogens is 1. The lowest BCUT2D eigenvalue weighted by molar-refractivity contribution is 0.110. The number of urea groups is 1. The van der Waals surface area contributed by atoms with Crippen molar-refractivity contribution in [2.45, 2.75) is 13.3 Å². The molecule has 0 unspecified atom stereocenters. The van der Waals surface area contributed by atoms with Gasteiger partial charge in [-0.2, -0.15) is 0 Å². The quantitative estimate of drug-likeness (QED) is 0.712. The van der Waals surface area contributed by atoms with Gasteiger partial charge in [-0.1, -0.05) is 24.3 Å². The first-order valence-corrected chi connectivity index (χ1v) is 9.47. The van der Waals surface area contributed by atoms with Gasteiger partial charge in [0.25, 0.3) is 0 Å². The molecule has 0 saturated heterocycles. The number of benzene rings is 2. The van der Waals surface area contributed by atoms with Gasteiger partial charge in [0.1, 0.15) is 18.2 Å². The number of ether oxygens (including phenoxy) is 2. The molecular weight excluding hydrogens is 359 g/mol. The molecule has 0 saturated carbocycles. The summed E-state index contributed by atoms with van der Waals surface area (Å²) in [6, 6.07) is 13.6. The van der Waals surface area contributed by atoms with E-state index in [1.165, 1.54) is 12.1 Å². The molecule has 1 N–H and O–H groups in total. The summed E-state index contributed by atoms with van der Waals surface area (Å²) >= 11 is 0. The maximum absolute atomic E-state index is 13.1. The van der Waals surface area contributed by atoms with Crippen molar-refractivity contribution < 1.29 is 18.7 Å². The Morgan fingerprint density at radius 2 is 2.00 bits per heavy atom. The smallest absolute Gasteiger partial charge is 0.322 e. The molecule has 28 heavy (non-hydrogen) atoms. The van der Waals surface area contributed by atoms with E-state index in [0.717, 1.165) is 17.6 Å². The highest BCUT2D eigenvalue weighted by atomic mass is 19.1. The minimum Gasteiger partial charge on any atom is -0.491 e. The van der Waals surface area contributed by atoms with E-state index >= 15 is 0 Å². The van der Waals surface area contributed by atoms with Crippen LogP contribution in [0.3, 0.4) is 0 Å². The van der Waals surface area contributed by atoms with Gasteiger partial charge in [0.05, 0.1) is 6.61 Å². The second-order valence-corrected chi connectivity index (χ2v) is 6.44. The van der Waals surface area contributed by atoms with E-state index in [0.29, 0.717) is 44.3 Å². The van der Waals surface area contributed by atoms with E-state index in [1.807, 2.05) is 31.2 Å². The summed E-state index contributed by atoms with van der Waals surface area (Å²) in [6.45, 7) is 4.72. The number of carbonyl (C=O) groups is 1. The number of amides is 2. The van der Waals surface area contributed by atoms with Crippen molar-refractivity contribution >= 4 is 17.3 Å². The lowest BCUT2D eigenvalue weighted by Crippen LogP contribution is -2.37. The first-order valence-electron chi connectivity index (χ1n) is 9.47. The minimum absolute atomic E-state index is 0.152. The average Bonchev–Trinajstić information content (AvgIpc) is 2.72. The van der Waals surface area contributed by atoms with E-state index in [2.05, 4.69) is 5.32 Å². The third-order valence-electron chi connectivity index (χ3n) is 4.50. The molecule has 0 bridgehead atoms. The van der Waals surface area contributed by atoms with Crippen LogP contribution in [-0.2, 0) is 4.74 Å². The number of nitrogens with one attached hydrogen (secondary N) is 1. The Morgan fingerprint density at radius 3 is 2.71 bits per heavy atom. The van der Waals surface area contributed by atoms with Crippen LogP contribution >= 0.6 is 0 Å². The maximum atomic E-state index is 13.1. The van der Waals surface area contributed by atoms with Crippen LogP contribution in [0.2, 0.25) is 0 Å². The monoisotopic (exact) mass is 384 g/mol. The molecule has 5 nitrogen and oxygen atoms in total. The summed E-state index contributed by atoms with van der Waals surface area (Å²) in [5.74, 6) is 0.444. The molecule has 1 aliphatic rings. The van der Waals surface area contributed by atoms with Gasteiger partial charge in [0, 0.05) is 31.5 Å². The van der Waals surface area contributed by atoms with Crippen molar-refractivity contribution in [3.05, 3.63) is 66.0 Å². The molecule has 0 aliphatic carbocycles. The molecule has 0 aromatic heterocycles. The normalized spacial score (nSPS) is 13.8. The molecule has 2 aromatic carbocycles. The van der Waals surface area contributed by atoms with Crippen molar-refractivity contribution in [1.82, 2.24) is 4.90 Å². The van der Waals surface area contributed by atoms with E-state index in [4.69, 9.17) is 9.47 Å². The van der Waals surface area contributed by atoms with Crippen LogP contribution in [0.15, 0.2) is 54.6 Å². The molecule has 6 heteroatoms. The van der Waals surface area contributed by atoms with Gasteiger partial charge in [-0.25, -0.2) is 9.18 Å². The predicted octanol–water partition coefficient (Wildman–Crippen LogP) is 4.56. The summed E-state index contributed by atoms with van der Waals surface area (Å²) in [4.78, 5) is 14.3. The summed E-state index contributed by atoms with van der Waals surface area (Å²) < 4.78 is 23.9. The van der Waals surface area contributed by atoms with Crippen molar-refractivity contribution in [2.75, 3.05) is 38.2 Å². The van der Waals surface area contributed by atoms with E-state index in [9.17, 15) is 9.18 Å². The van der Waals surface area contributed by atoms with Crippen LogP contribution < -0.4 is 10.1 Å². The van der Waals surface area contributed by atoms with Crippen molar-refractivity contribution in [3.8, 4) is 5.75 Å². The van der Waals surface area contributed by atoms with E-state index in [1.54, 1.807) is 23.1 Å². The predicted molar refractivity (Wildman–Crippen MR) is 108 cm³/mol. The fourth-order valence-corrected chi connectivity index (χ4v) is 3.01. The number of carbonyl (C=O) groups excluding carboxylic acids is 1. The highest BCUT2D eigenvalue weighted by molar-refractivity contribution is 5.90. The standard InChI is InChI=1S/C22H25FN2O3/c1-2-27-14-15-28-21-5-3-4-20(16-21)24-22(26)25-12-10-18(11-13-25)17-6-8-19(23)9-7-17/h3-10,16H,2,11-15H2,1H3,(H,24,26). The molecule has 3 rings (SSSR count). The fourth-order valence-electron chi connectivity index (χ4n) is 3.01. The molecule has 0 spiro atoms. The molecule has 1 heterocycles. The molecule has 148 valence electrons. The summed E-state index contributed by atoms with van der Waals surface area (Å²) in [7, 11) is 0. The molecule has 0 fully saturated rings. The Hall–Kier alpha value is -2.86. The lowest BCUT2D eigenvalue weighted by Gasteiger charge is -2.27. The Morgan fingerprint density at radius 1 is 1.18 bits per heavy atom. The molecule has 0 atom stereocenters. The van der Waals surface area contributed by atoms with Crippen LogP contribution in [-0.4, -0.2) is 43.8 Å².